The monoisotopic (exact) mass is 204 g/mol. The molecule has 0 saturated carbocycles. The Kier molecular flexibility index (Phi) is 3.59. The first kappa shape index (κ1) is 12.3. The average molecular weight is 204 g/mol. The lowest BCUT2D eigenvalue weighted by Crippen LogP contribution is -2.18. The van der Waals surface area contributed by atoms with Crippen LogP contribution in [-0.2, 0) is 0 Å². The average Bonchev–Trinajstić information content (AvgIpc) is 2.45. The second kappa shape index (κ2) is 4.38. The molecule has 1 aromatic rings. The number of hydrogen-bond donors (Lipinski definition) is 0. The van der Waals surface area contributed by atoms with Crippen molar-refractivity contribution in [2.75, 3.05) is 0 Å². The van der Waals surface area contributed by atoms with Crippen molar-refractivity contribution in [3.8, 4) is 0 Å². The number of fused-ring (bicyclic) bond motifs is 1. The minimum atomic E-state index is 0.420. The molecule has 1 aliphatic rings. The fourth-order valence-corrected chi connectivity index (χ4v) is 2.48. The molecule has 0 heterocycles. The molecule has 0 spiro atoms. The number of benzene rings is 1. The van der Waals surface area contributed by atoms with Crippen LogP contribution in [0.2, 0.25) is 0 Å². The Bertz CT molecular complexity index is 292. The van der Waals surface area contributed by atoms with Crippen LogP contribution < -0.4 is 0 Å². The standard InChI is InChI=1S/C13H18.C2H6/c1-9-11-7-5-6-8-12(11)10(2)13(9,3)4;1-2/h5-10H,1-4H3;1-2H3. The van der Waals surface area contributed by atoms with Crippen LogP contribution in [0.25, 0.3) is 0 Å². The molecular formula is C15H24. The Labute approximate surface area is 94.7 Å². The van der Waals surface area contributed by atoms with E-state index in [0.29, 0.717) is 17.3 Å². The lowest BCUT2D eigenvalue weighted by Gasteiger charge is -2.29. The molecular weight excluding hydrogens is 180 g/mol. The topological polar surface area (TPSA) is 0 Å². The zero-order chi connectivity index (χ0) is 11.6. The van der Waals surface area contributed by atoms with Gasteiger partial charge in [-0.25, -0.2) is 0 Å². The molecule has 0 aromatic heterocycles. The third kappa shape index (κ3) is 1.82. The van der Waals surface area contributed by atoms with E-state index < -0.39 is 0 Å². The van der Waals surface area contributed by atoms with Gasteiger partial charge < -0.3 is 0 Å². The molecule has 0 bridgehead atoms. The van der Waals surface area contributed by atoms with E-state index in [-0.39, 0.29) is 0 Å². The Balaban J connectivity index is 0.000000531. The van der Waals surface area contributed by atoms with E-state index in [4.69, 9.17) is 0 Å². The summed E-state index contributed by atoms with van der Waals surface area (Å²) in [5.41, 5.74) is 3.53. The second-order valence-corrected chi connectivity index (χ2v) is 4.89. The summed E-state index contributed by atoms with van der Waals surface area (Å²) >= 11 is 0. The van der Waals surface area contributed by atoms with Crippen LogP contribution >= 0.6 is 0 Å². The van der Waals surface area contributed by atoms with Gasteiger partial charge >= 0.3 is 0 Å². The van der Waals surface area contributed by atoms with E-state index in [2.05, 4.69) is 52.0 Å². The van der Waals surface area contributed by atoms with E-state index in [0.717, 1.165) is 0 Å². The van der Waals surface area contributed by atoms with E-state index in [1.807, 2.05) is 13.8 Å². The first-order valence-electron chi connectivity index (χ1n) is 6.14. The van der Waals surface area contributed by atoms with Gasteiger partial charge in [-0.05, 0) is 28.4 Å². The molecule has 1 aliphatic carbocycles. The summed E-state index contributed by atoms with van der Waals surface area (Å²) in [6.07, 6.45) is 0. The van der Waals surface area contributed by atoms with Crippen LogP contribution in [0, 0.1) is 5.41 Å². The normalized spacial score (nSPS) is 26.5. The van der Waals surface area contributed by atoms with Crippen LogP contribution in [-0.4, -0.2) is 0 Å². The van der Waals surface area contributed by atoms with Crippen molar-refractivity contribution in [1.82, 2.24) is 0 Å². The predicted molar refractivity (Wildman–Crippen MR) is 68.4 cm³/mol. The van der Waals surface area contributed by atoms with E-state index in [9.17, 15) is 0 Å². The Morgan fingerprint density at radius 1 is 0.867 bits per heavy atom. The minimum Gasteiger partial charge on any atom is -0.0683 e. The van der Waals surface area contributed by atoms with Crippen LogP contribution in [0.5, 0.6) is 0 Å². The van der Waals surface area contributed by atoms with Gasteiger partial charge in [0.15, 0.2) is 0 Å². The molecule has 0 amide bonds. The van der Waals surface area contributed by atoms with Crippen LogP contribution in [0.1, 0.15) is 64.5 Å². The third-order valence-corrected chi connectivity index (χ3v) is 4.16. The molecule has 0 saturated heterocycles. The van der Waals surface area contributed by atoms with Gasteiger partial charge in [0.1, 0.15) is 0 Å². The highest BCUT2D eigenvalue weighted by molar-refractivity contribution is 5.40. The molecule has 0 N–H and O–H groups in total. The first-order valence-corrected chi connectivity index (χ1v) is 6.14. The van der Waals surface area contributed by atoms with Crippen molar-refractivity contribution in [2.45, 2.75) is 53.4 Å². The summed E-state index contributed by atoms with van der Waals surface area (Å²) < 4.78 is 0. The summed E-state index contributed by atoms with van der Waals surface area (Å²) in [6.45, 7) is 13.5. The van der Waals surface area contributed by atoms with Crippen molar-refractivity contribution in [3.63, 3.8) is 0 Å². The van der Waals surface area contributed by atoms with E-state index in [1.54, 1.807) is 11.1 Å². The quantitative estimate of drug-likeness (QED) is 0.560. The van der Waals surface area contributed by atoms with Gasteiger partial charge in [0.25, 0.3) is 0 Å². The van der Waals surface area contributed by atoms with Crippen LogP contribution in [0.3, 0.4) is 0 Å². The molecule has 1 aromatic carbocycles. The van der Waals surface area contributed by atoms with Gasteiger partial charge in [-0.3, -0.25) is 0 Å². The van der Waals surface area contributed by atoms with Gasteiger partial charge in [-0.2, -0.15) is 0 Å². The Morgan fingerprint density at radius 2 is 1.20 bits per heavy atom. The van der Waals surface area contributed by atoms with Gasteiger partial charge in [0.05, 0.1) is 0 Å². The molecule has 15 heavy (non-hydrogen) atoms. The Hall–Kier alpha value is -0.780. The van der Waals surface area contributed by atoms with Crippen molar-refractivity contribution >= 4 is 0 Å². The predicted octanol–water partition coefficient (Wildman–Crippen LogP) is 4.96. The molecule has 2 unspecified atom stereocenters. The highest BCUT2D eigenvalue weighted by atomic mass is 14.4. The van der Waals surface area contributed by atoms with Crippen molar-refractivity contribution in [2.24, 2.45) is 5.41 Å². The van der Waals surface area contributed by atoms with Crippen molar-refractivity contribution in [1.29, 1.82) is 0 Å². The summed E-state index contributed by atoms with van der Waals surface area (Å²) in [6, 6.07) is 8.88. The highest BCUT2D eigenvalue weighted by Crippen LogP contribution is 2.54. The van der Waals surface area contributed by atoms with Gasteiger partial charge in [-0.1, -0.05) is 65.8 Å². The van der Waals surface area contributed by atoms with Crippen molar-refractivity contribution < 1.29 is 0 Å². The third-order valence-electron chi connectivity index (χ3n) is 4.16. The number of hydrogen-bond acceptors (Lipinski definition) is 0. The number of rotatable bonds is 0. The maximum Gasteiger partial charge on any atom is -0.0130 e. The maximum atomic E-state index is 2.38. The molecule has 0 radical (unpaired) electrons. The lowest BCUT2D eigenvalue weighted by molar-refractivity contribution is 0.279. The van der Waals surface area contributed by atoms with Crippen LogP contribution in [0.4, 0.5) is 0 Å². The summed E-state index contributed by atoms with van der Waals surface area (Å²) in [7, 11) is 0. The Morgan fingerprint density at radius 3 is 1.53 bits per heavy atom. The zero-order valence-corrected chi connectivity index (χ0v) is 11.0. The molecule has 0 nitrogen and oxygen atoms in total. The summed E-state index contributed by atoms with van der Waals surface area (Å²) in [5, 5.41) is 0. The summed E-state index contributed by atoms with van der Waals surface area (Å²) in [4.78, 5) is 0. The molecule has 0 heteroatoms. The van der Waals surface area contributed by atoms with E-state index in [1.165, 1.54) is 0 Å². The fourth-order valence-electron chi connectivity index (χ4n) is 2.48. The fraction of sp³-hybridized carbons (Fsp3) is 0.600. The SMILES string of the molecule is CC.CC1c2ccccc2C(C)C1(C)C. The maximum absolute atomic E-state index is 2.38. The largest absolute Gasteiger partial charge is 0.0683 e. The van der Waals surface area contributed by atoms with Crippen LogP contribution in [0.15, 0.2) is 24.3 Å². The zero-order valence-electron chi connectivity index (χ0n) is 11.0. The smallest absolute Gasteiger partial charge is 0.0130 e. The van der Waals surface area contributed by atoms with Gasteiger partial charge in [0.2, 0.25) is 0 Å². The second-order valence-electron chi connectivity index (χ2n) is 4.89. The lowest BCUT2D eigenvalue weighted by atomic mass is 9.75. The minimum absolute atomic E-state index is 0.420. The molecule has 0 aliphatic heterocycles. The molecule has 0 fully saturated rings. The molecule has 2 atom stereocenters. The van der Waals surface area contributed by atoms with Gasteiger partial charge in [0, 0.05) is 0 Å². The summed E-state index contributed by atoms with van der Waals surface area (Å²) in [5.74, 6) is 1.39. The van der Waals surface area contributed by atoms with Gasteiger partial charge in [-0.15, -0.1) is 0 Å². The van der Waals surface area contributed by atoms with E-state index >= 15 is 0 Å². The molecule has 84 valence electrons. The first-order chi connectivity index (χ1) is 7.05. The highest BCUT2D eigenvalue weighted by Gasteiger charge is 2.41. The van der Waals surface area contributed by atoms with Crippen molar-refractivity contribution in [3.05, 3.63) is 35.4 Å². The molecule has 2 rings (SSSR count).